The van der Waals surface area contributed by atoms with Gasteiger partial charge in [0.05, 0.1) is 24.3 Å². The molecule has 1 amide bonds. The lowest BCUT2D eigenvalue weighted by Crippen LogP contribution is -2.47. The van der Waals surface area contributed by atoms with Gasteiger partial charge in [0, 0.05) is 10.5 Å². The largest absolute Gasteiger partial charge is 0.379 e. The van der Waals surface area contributed by atoms with E-state index < -0.39 is 11.2 Å². The van der Waals surface area contributed by atoms with Crippen molar-refractivity contribution < 1.29 is 13.9 Å². The third-order valence-corrected chi connectivity index (χ3v) is 3.71. The quantitative estimate of drug-likeness (QED) is 0.875. The number of amides is 1. The minimum atomic E-state index is -0.820. The smallest absolute Gasteiger partial charge is 0.234 e. The third-order valence-electron chi connectivity index (χ3n) is 3.22. The van der Waals surface area contributed by atoms with Crippen molar-refractivity contribution in [1.82, 2.24) is 0 Å². The first-order valence-electron chi connectivity index (χ1n) is 5.53. The molecular weight excluding hydrogens is 303 g/mol. The molecule has 1 aliphatic rings. The third kappa shape index (κ3) is 2.41. The maximum absolute atomic E-state index is 13.6. The van der Waals surface area contributed by atoms with Crippen LogP contribution in [0.3, 0.4) is 0 Å². The van der Waals surface area contributed by atoms with Gasteiger partial charge in [-0.05, 0) is 25.1 Å². The number of rotatable bonds is 2. The van der Waals surface area contributed by atoms with Crippen molar-refractivity contribution in [2.75, 3.05) is 18.5 Å². The number of ether oxygens (including phenoxy) is 1. The Morgan fingerprint density at radius 1 is 1.67 bits per heavy atom. The van der Waals surface area contributed by atoms with E-state index in [0.717, 1.165) is 0 Å². The summed E-state index contributed by atoms with van der Waals surface area (Å²) in [6.45, 7) is 2.31. The number of hydrogen-bond acceptors (Lipinski definition) is 3. The highest BCUT2D eigenvalue weighted by Gasteiger charge is 2.44. The van der Waals surface area contributed by atoms with Crippen molar-refractivity contribution >= 4 is 27.5 Å². The summed E-state index contributed by atoms with van der Waals surface area (Å²) in [5.74, 6) is -0.817. The molecule has 1 aromatic rings. The summed E-state index contributed by atoms with van der Waals surface area (Å²) in [5, 5.41) is 2.56. The van der Waals surface area contributed by atoms with Crippen LogP contribution in [0.4, 0.5) is 10.1 Å². The molecule has 2 atom stereocenters. The van der Waals surface area contributed by atoms with Crippen LogP contribution < -0.4 is 11.1 Å². The molecule has 2 rings (SSSR count). The molecule has 1 fully saturated rings. The number of benzene rings is 1. The van der Waals surface area contributed by atoms with Gasteiger partial charge < -0.3 is 15.8 Å². The van der Waals surface area contributed by atoms with E-state index in [1.807, 2.05) is 0 Å². The van der Waals surface area contributed by atoms with Crippen LogP contribution in [0.5, 0.6) is 0 Å². The second kappa shape index (κ2) is 4.95. The predicted octanol–water partition coefficient (Wildman–Crippen LogP) is 1.89. The van der Waals surface area contributed by atoms with E-state index in [1.165, 1.54) is 12.1 Å². The molecule has 0 saturated carbocycles. The van der Waals surface area contributed by atoms with Gasteiger partial charge in [-0.3, -0.25) is 4.79 Å². The van der Waals surface area contributed by atoms with Crippen molar-refractivity contribution in [1.29, 1.82) is 0 Å². The maximum Gasteiger partial charge on any atom is 0.234 e. The molecule has 1 saturated heterocycles. The van der Waals surface area contributed by atoms with Crippen LogP contribution in [-0.2, 0) is 9.53 Å². The number of nitrogens with two attached hydrogens (primary N) is 1. The van der Waals surface area contributed by atoms with E-state index in [-0.39, 0.29) is 24.2 Å². The van der Waals surface area contributed by atoms with Gasteiger partial charge in [0.1, 0.15) is 5.82 Å². The highest BCUT2D eigenvalue weighted by molar-refractivity contribution is 9.10. The zero-order valence-electron chi connectivity index (χ0n) is 9.87. The van der Waals surface area contributed by atoms with Gasteiger partial charge in [0.15, 0.2) is 0 Å². The first-order chi connectivity index (χ1) is 8.43. The topological polar surface area (TPSA) is 64.3 Å². The lowest BCUT2D eigenvalue weighted by atomic mass is 9.85. The number of carbonyl (C=O) groups excluding carboxylic acids is 1. The lowest BCUT2D eigenvalue weighted by molar-refractivity contribution is -0.125. The lowest BCUT2D eigenvalue weighted by Gasteiger charge is -2.25. The van der Waals surface area contributed by atoms with Gasteiger partial charge >= 0.3 is 0 Å². The molecule has 1 heterocycles. The molecule has 98 valence electrons. The summed E-state index contributed by atoms with van der Waals surface area (Å²) in [6.07, 6.45) is 0. The molecule has 0 aromatic heterocycles. The van der Waals surface area contributed by atoms with Crippen LogP contribution in [0.15, 0.2) is 22.7 Å². The molecule has 0 aliphatic carbocycles. The minimum Gasteiger partial charge on any atom is -0.379 e. The number of anilines is 1. The van der Waals surface area contributed by atoms with E-state index in [2.05, 4.69) is 21.2 Å². The fourth-order valence-corrected chi connectivity index (χ4v) is 2.11. The van der Waals surface area contributed by atoms with E-state index in [1.54, 1.807) is 13.0 Å². The van der Waals surface area contributed by atoms with Crippen LogP contribution in [-0.4, -0.2) is 25.2 Å². The second-order valence-corrected chi connectivity index (χ2v) is 5.53. The van der Waals surface area contributed by atoms with E-state index in [9.17, 15) is 9.18 Å². The Bertz CT molecular complexity index is 483. The Morgan fingerprint density at radius 3 is 2.94 bits per heavy atom. The molecule has 6 heteroatoms. The molecule has 4 nitrogen and oxygen atoms in total. The standard InChI is InChI=1S/C12H14BrFN2O2/c1-12(6-18-5-10(12)15)11(17)16-9-3-2-7(13)4-8(9)14/h2-4,10H,5-6,15H2,1H3,(H,16,17). The van der Waals surface area contributed by atoms with Crippen molar-refractivity contribution in [3.63, 3.8) is 0 Å². The van der Waals surface area contributed by atoms with Gasteiger partial charge in [0.25, 0.3) is 0 Å². The zero-order valence-corrected chi connectivity index (χ0v) is 11.5. The summed E-state index contributed by atoms with van der Waals surface area (Å²) in [5.41, 5.74) is 5.17. The molecule has 3 N–H and O–H groups in total. The first kappa shape index (κ1) is 13.5. The van der Waals surface area contributed by atoms with Crippen molar-refractivity contribution in [2.45, 2.75) is 13.0 Å². The van der Waals surface area contributed by atoms with Crippen molar-refractivity contribution in [3.8, 4) is 0 Å². The van der Waals surface area contributed by atoms with Crippen LogP contribution >= 0.6 is 15.9 Å². The zero-order chi connectivity index (χ0) is 13.3. The van der Waals surface area contributed by atoms with Crippen molar-refractivity contribution in [3.05, 3.63) is 28.5 Å². The molecule has 1 aromatic carbocycles. The van der Waals surface area contributed by atoms with E-state index >= 15 is 0 Å². The maximum atomic E-state index is 13.6. The summed E-state index contributed by atoms with van der Waals surface area (Å²) in [4.78, 5) is 12.1. The molecule has 0 bridgehead atoms. The van der Waals surface area contributed by atoms with Gasteiger partial charge in [-0.25, -0.2) is 4.39 Å². The Balaban J connectivity index is 2.16. The van der Waals surface area contributed by atoms with Gasteiger partial charge in [-0.1, -0.05) is 15.9 Å². The van der Waals surface area contributed by atoms with E-state index in [0.29, 0.717) is 11.1 Å². The van der Waals surface area contributed by atoms with Gasteiger partial charge in [-0.2, -0.15) is 0 Å². The predicted molar refractivity (Wildman–Crippen MR) is 69.6 cm³/mol. The Labute approximate surface area is 113 Å². The first-order valence-corrected chi connectivity index (χ1v) is 6.32. The molecule has 0 spiro atoms. The minimum absolute atomic E-state index is 0.142. The molecular formula is C12H14BrFN2O2. The Morgan fingerprint density at radius 2 is 2.39 bits per heavy atom. The highest BCUT2D eigenvalue weighted by atomic mass is 79.9. The van der Waals surface area contributed by atoms with E-state index in [4.69, 9.17) is 10.5 Å². The normalized spacial score (nSPS) is 27.2. The molecule has 1 aliphatic heterocycles. The van der Waals surface area contributed by atoms with Crippen molar-refractivity contribution in [2.24, 2.45) is 11.1 Å². The SMILES string of the molecule is CC1(C(=O)Nc2ccc(Br)cc2F)COCC1N. The van der Waals surface area contributed by atoms with Crippen LogP contribution in [0.1, 0.15) is 6.92 Å². The van der Waals surface area contributed by atoms with Crippen LogP contribution in [0.2, 0.25) is 0 Å². The van der Waals surface area contributed by atoms with Gasteiger partial charge in [-0.15, -0.1) is 0 Å². The molecule has 2 unspecified atom stereocenters. The number of hydrogen-bond donors (Lipinski definition) is 2. The Hall–Kier alpha value is -0.980. The molecule has 0 radical (unpaired) electrons. The number of carbonyl (C=O) groups is 1. The second-order valence-electron chi connectivity index (χ2n) is 4.62. The number of halogens is 2. The highest BCUT2D eigenvalue weighted by Crippen LogP contribution is 2.29. The summed E-state index contributed by atoms with van der Waals surface area (Å²) >= 11 is 3.16. The monoisotopic (exact) mass is 316 g/mol. The van der Waals surface area contributed by atoms with Gasteiger partial charge in [0.2, 0.25) is 5.91 Å². The number of nitrogens with one attached hydrogen (secondary N) is 1. The summed E-state index contributed by atoms with van der Waals surface area (Å²) in [6, 6.07) is 4.08. The fraction of sp³-hybridized carbons (Fsp3) is 0.417. The molecule has 18 heavy (non-hydrogen) atoms. The Kier molecular flexibility index (Phi) is 3.70. The summed E-state index contributed by atoms with van der Waals surface area (Å²) < 4.78 is 19.4. The average molecular weight is 317 g/mol. The summed E-state index contributed by atoms with van der Waals surface area (Å²) in [7, 11) is 0. The van der Waals surface area contributed by atoms with Crippen LogP contribution in [0.25, 0.3) is 0 Å². The van der Waals surface area contributed by atoms with Crippen LogP contribution in [0, 0.1) is 11.2 Å². The average Bonchev–Trinajstić information content (AvgIpc) is 2.64. The fourth-order valence-electron chi connectivity index (χ4n) is 1.78.